The second kappa shape index (κ2) is 4.76. The summed E-state index contributed by atoms with van der Waals surface area (Å²) >= 11 is 0. The Kier molecular flexibility index (Phi) is 3.17. The molecule has 1 nitrogen and oxygen atoms in total. The van der Waals surface area contributed by atoms with Gasteiger partial charge in [-0.25, -0.2) is 0 Å². The van der Waals surface area contributed by atoms with Crippen LogP contribution in [0, 0.1) is 29.1 Å². The minimum Gasteiger partial charge on any atom is -0.334 e. The van der Waals surface area contributed by atoms with E-state index in [9.17, 15) is 0 Å². The van der Waals surface area contributed by atoms with Gasteiger partial charge in [-0.2, -0.15) is 0 Å². The summed E-state index contributed by atoms with van der Waals surface area (Å²) < 4.78 is 0. The molecule has 0 radical (unpaired) electrons. The molecule has 0 aromatic heterocycles. The number of fused-ring (bicyclic) bond motifs is 1. The SMILES string of the molecule is CC1CC[NH+](CC23CC4C[C@@H](CC[C@H](C4)C2)C3)CC1. The lowest BCUT2D eigenvalue weighted by Crippen LogP contribution is -3.14. The first-order valence-corrected chi connectivity index (χ1v) is 9.04. The molecule has 0 unspecified atom stereocenters. The van der Waals surface area contributed by atoms with E-state index in [-0.39, 0.29) is 0 Å². The normalized spacial score (nSPS) is 53.2. The Hall–Kier alpha value is -0.0400. The number of quaternary nitrogens is 1. The van der Waals surface area contributed by atoms with E-state index in [1.165, 1.54) is 25.9 Å². The van der Waals surface area contributed by atoms with Crippen LogP contribution >= 0.6 is 0 Å². The molecule has 2 atom stereocenters. The van der Waals surface area contributed by atoms with Gasteiger partial charge in [-0.3, -0.25) is 0 Å². The maximum Gasteiger partial charge on any atom is 0.0828 e. The minimum atomic E-state index is 0.795. The summed E-state index contributed by atoms with van der Waals surface area (Å²) in [5.74, 6) is 4.37. The molecule has 1 N–H and O–H groups in total. The molecule has 4 bridgehead atoms. The first kappa shape index (κ1) is 12.7. The molecule has 0 amide bonds. The third-order valence-corrected chi connectivity index (χ3v) is 7.09. The first-order chi connectivity index (χ1) is 9.21. The summed E-state index contributed by atoms with van der Waals surface area (Å²) in [6, 6.07) is 0. The van der Waals surface area contributed by atoms with Crippen molar-refractivity contribution in [1.29, 1.82) is 0 Å². The molecule has 5 aliphatic rings. The molecule has 4 aliphatic carbocycles. The van der Waals surface area contributed by atoms with Gasteiger partial charge < -0.3 is 4.90 Å². The highest BCUT2D eigenvalue weighted by molar-refractivity contribution is 4.98. The van der Waals surface area contributed by atoms with Gasteiger partial charge in [-0.05, 0) is 68.6 Å². The van der Waals surface area contributed by atoms with E-state index in [4.69, 9.17) is 0 Å². The highest BCUT2D eigenvalue weighted by Crippen LogP contribution is 2.57. The topological polar surface area (TPSA) is 4.44 Å². The van der Waals surface area contributed by atoms with Crippen molar-refractivity contribution in [1.82, 2.24) is 0 Å². The molecule has 1 saturated heterocycles. The van der Waals surface area contributed by atoms with Crippen LogP contribution in [0.1, 0.15) is 64.7 Å². The molecule has 0 aromatic carbocycles. The number of likely N-dealkylation sites (tertiary alicyclic amines) is 1. The molecule has 1 aliphatic heterocycles. The van der Waals surface area contributed by atoms with Gasteiger partial charge in [-0.15, -0.1) is 0 Å². The molecule has 5 fully saturated rings. The Morgan fingerprint density at radius 3 is 2.05 bits per heavy atom. The fourth-order valence-electron chi connectivity index (χ4n) is 6.46. The van der Waals surface area contributed by atoms with Crippen LogP contribution in [-0.2, 0) is 0 Å². The Bertz CT molecular complexity index is 313. The van der Waals surface area contributed by atoms with Crippen molar-refractivity contribution in [2.24, 2.45) is 29.1 Å². The van der Waals surface area contributed by atoms with E-state index in [1.807, 2.05) is 4.90 Å². The fraction of sp³-hybridized carbons (Fsp3) is 1.00. The summed E-state index contributed by atoms with van der Waals surface area (Å²) in [6.07, 6.45) is 14.2. The van der Waals surface area contributed by atoms with Gasteiger partial charge in [0.15, 0.2) is 0 Å². The molecule has 0 aromatic rings. The lowest BCUT2D eigenvalue weighted by atomic mass is 9.58. The van der Waals surface area contributed by atoms with Crippen molar-refractivity contribution in [2.45, 2.75) is 64.7 Å². The highest BCUT2D eigenvalue weighted by Gasteiger charge is 2.50. The molecule has 0 spiro atoms. The molecule has 4 saturated carbocycles. The third-order valence-electron chi connectivity index (χ3n) is 7.09. The first-order valence-electron chi connectivity index (χ1n) is 9.04. The Morgan fingerprint density at radius 2 is 1.42 bits per heavy atom. The molecule has 1 heteroatoms. The predicted molar refractivity (Wildman–Crippen MR) is 79.2 cm³/mol. The van der Waals surface area contributed by atoms with Gasteiger partial charge in [0, 0.05) is 5.41 Å². The van der Waals surface area contributed by atoms with Crippen molar-refractivity contribution in [3.05, 3.63) is 0 Å². The van der Waals surface area contributed by atoms with E-state index < -0.39 is 0 Å². The summed E-state index contributed by atoms with van der Waals surface area (Å²) in [5.41, 5.74) is 0.795. The van der Waals surface area contributed by atoms with Gasteiger partial charge in [0.25, 0.3) is 0 Å². The van der Waals surface area contributed by atoms with Gasteiger partial charge in [0.05, 0.1) is 19.6 Å². The minimum absolute atomic E-state index is 0.795. The predicted octanol–water partition coefficient (Wildman–Crippen LogP) is 2.91. The van der Waals surface area contributed by atoms with Gasteiger partial charge in [0.2, 0.25) is 0 Å². The van der Waals surface area contributed by atoms with Crippen LogP contribution in [0.5, 0.6) is 0 Å². The Balaban J connectivity index is 1.47. The summed E-state index contributed by atoms with van der Waals surface area (Å²) in [7, 11) is 0. The largest absolute Gasteiger partial charge is 0.334 e. The molecule has 1 heterocycles. The maximum atomic E-state index is 2.45. The van der Waals surface area contributed by atoms with Crippen LogP contribution in [0.15, 0.2) is 0 Å². The van der Waals surface area contributed by atoms with Crippen LogP contribution in [0.25, 0.3) is 0 Å². The fourth-order valence-corrected chi connectivity index (χ4v) is 6.46. The van der Waals surface area contributed by atoms with E-state index >= 15 is 0 Å². The average Bonchev–Trinajstić information content (AvgIpc) is 2.58. The lowest BCUT2D eigenvalue weighted by molar-refractivity contribution is -0.913. The number of hydrogen-bond donors (Lipinski definition) is 1. The molecule has 5 rings (SSSR count). The molecule has 19 heavy (non-hydrogen) atoms. The zero-order chi connectivity index (χ0) is 12.9. The van der Waals surface area contributed by atoms with Crippen molar-refractivity contribution < 1.29 is 4.90 Å². The van der Waals surface area contributed by atoms with E-state index in [2.05, 4.69) is 6.92 Å². The van der Waals surface area contributed by atoms with Gasteiger partial charge >= 0.3 is 0 Å². The monoisotopic (exact) mass is 262 g/mol. The number of piperidine rings is 1. The van der Waals surface area contributed by atoms with Crippen molar-refractivity contribution in [2.75, 3.05) is 19.6 Å². The lowest BCUT2D eigenvalue weighted by Gasteiger charge is -2.49. The van der Waals surface area contributed by atoms with Crippen LogP contribution in [0.3, 0.4) is 0 Å². The van der Waals surface area contributed by atoms with Gasteiger partial charge in [-0.1, -0.05) is 19.8 Å². The smallest absolute Gasteiger partial charge is 0.0828 e. The second-order valence-electron chi connectivity index (χ2n) is 8.87. The van der Waals surface area contributed by atoms with E-state index in [0.29, 0.717) is 0 Å². The van der Waals surface area contributed by atoms with E-state index in [1.54, 1.807) is 51.5 Å². The summed E-state index contributed by atoms with van der Waals surface area (Å²) in [5, 5.41) is 0. The zero-order valence-electron chi connectivity index (χ0n) is 12.8. The quantitative estimate of drug-likeness (QED) is 0.780. The van der Waals surface area contributed by atoms with Crippen molar-refractivity contribution in [3.8, 4) is 0 Å². The van der Waals surface area contributed by atoms with Crippen LogP contribution in [-0.4, -0.2) is 19.6 Å². The summed E-state index contributed by atoms with van der Waals surface area (Å²) in [4.78, 5) is 1.97. The maximum absolute atomic E-state index is 2.45. The summed E-state index contributed by atoms with van der Waals surface area (Å²) in [6.45, 7) is 6.95. The number of rotatable bonds is 2. The number of hydrogen-bond acceptors (Lipinski definition) is 0. The zero-order valence-corrected chi connectivity index (χ0v) is 12.8. The Labute approximate surface area is 119 Å². The van der Waals surface area contributed by atoms with E-state index in [0.717, 1.165) is 29.1 Å². The van der Waals surface area contributed by atoms with Crippen molar-refractivity contribution in [3.63, 3.8) is 0 Å². The van der Waals surface area contributed by atoms with Crippen molar-refractivity contribution >= 4 is 0 Å². The standard InChI is InChI=1S/C18H31N/c1-14-4-6-19(7-5-14)13-18-10-15-2-3-16(11-18)9-17(8-15)12-18/h14-17H,2-13H2,1H3/p+1/t15-,16-,17?,18?/m1/s1. The molecular weight excluding hydrogens is 230 g/mol. The van der Waals surface area contributed by atoms with Crippen LogP contribution in [0.2, 0.25) is 0 Å². The molecular formula is C18H32N+. The second-order valence-corrected chi connectivity index (χ2v) is 8.87. The molecule has 108 valence electrons. The average molecular weight is 262 g/mol. The van der Waals surface area contributed by atoms with Crippen LogP contribution in [0.4, 0.5) is 0 Å². The highest BCUT2D eigenvalue weighted by atomic mass is 15.1. The van der Waals surface area contributed by atoms with Gasteiger partial charge in [0.1, 0.15) is 0 Å². The Morgan fingerprint density at radius 1 is 0.842 bits per heavy atom. The number of nitrogens with one attached hydrogen (secondary N) is 1. The third kappa shape index (κ3) is 2.48. The van der Waals surface area contributed by atoms with Crippen LogP contribution < -0.4 is 4.90 Å².